The summed E-state index contributed by atoms with van der Waals surface area (Å²) in [6.07, 6.45) is 55.2. The van der Waals surface area contributed by atoms with Gasteiger partial charge in [0.25, 0.3) is 0 Å². The van der Waals surface area contributed by atoms with Crippen molar-refractivity contribution in [3.63, 3.8) is 0 Å². The zero-order chi connectivity index (χ0) is 49.1. The highest BCUT2D eigenvalue weighted by Crippen LogP contribution is 2.19. The van der Waals surface area contributed by atoms with E-state index in [9.17, 15) is 14.4 Å². The molecule has 0 N–H and O–H groups in total. The summed E-state index contributed by atoms with van der Waals surface area (Å²) in [5, 5.41) is 0. The third kappa shape index (κ3) is 55.2. The standard InChI is InChI=1S/C61H118O6/c1-55(2)47-41-35-29-23-17-11-8-7-9-13-22-28-34-40-46-52-61(64)67-58(54-66-60(63)51-45-39-33-27-21-16-15-19-25-31-37-43-49-57(5)6)53-65-59(62)50-44-38-32-26-20-14-10-12-18-24-30-36-42-48-56(3)4/h55-58H,7-54H2,1-6H3/t58-/m1/s1. The molecule has 0 aliphatic carbocycles. The predicted octanol–water partition coefficient (Wildman–Crippen LogP) is 19.9. The summed E-state index contributed by atoms with van der Waals surface area (Å²) in [6, 6.07) is 0. The monoisotopic (exact) mass is 947 g/mol. The van der Waals surface area contributed by atoms with E-state index in [4.69, 9.17) is 14.2 Å². The van der Waals surface area contributed by atoms with Gasteiger partial charge in [0, 0.05) is 19.3 Å². The van der Waals surface area contributed by atoms with Gasteiger partial charge in [0.2, 0.25) is 0 Å². The van der Waals surface area contributed by atoms with Crippen molar-refractivity contribution in [2.75, 3.05) is 13.2 Å². The smallest absolute Gasteiger partial charge is 0.306 e. The highest BCUT2D eigenvalue weighted by molar-refractivity contribution is 5.71. The van der Waals surface area contributed by atoms with Crippen molar-refractivity contribution in [3.05, 3.63) is 0 Å². The molecule has 1 atom stereocenters. The van der Waals surface area contributed by atoms with E-state index in [1.807, 2.05) is 0 Å². The van der Waals surface area contributed by atoms with Crippen LogP contribution in [0.3, 0.4) is 0 Å². The first kappa shape index (κ1) is 65.4. The molecule has 0 fully saturated rings. The fourth-order valence-corrected chi connectivity index (χ4v) is 9.35. The molecule has 0 rings (SSSR count). The topological polar surface area (TPSA) is 78.9 Å². The third-order valence-corrected chi connectivity index (χ3v) is 13.9. The number of hydrogen-bond acceptors (Lipinski definition) is 6. The van der Waals surface area contributed by atoms with Crippen LogP contribution in [0.15, 0.2) is 0 Å². The molecule has 0 aliphatic rings. The molecule has 0 bridgehead atoms. The highest BCUT2D eigenvalue weighted by Gasteiger charge is 2.19. The Morgan fingerprint density at radius 2 is 0.433 bits per heavy atom. The summed E-state index contributed by atoms with van der Waals surface area (Å²) in [6.45, 7) is 13.8. The molecule has 6 nitrogen and oxygen atoms in total. The van der Waals surface area contributed by atoms with Crippen molar-refractivity contribution in [2.45, 2.75) is 343 Å². The minimum atomic E-state index is -0.764. The summed E-state index contributed by atoms with van der Waals surface area (Å²) >= 11 is 0. The molecule has 0 aromatic rings. The average Bonchev–Trinajstić information content (AvgIpc) is 3.29. The Morgan fingerprint density at radius 1 is 0.254 bits per heavy atom. The van der Waals surface area contributed by atoms with Crippen LogP contribution in [-0.4, -0.2) is 37.2 Å². The van der Waals surface area contributed by atoms with Crippen molar-refractivity contribution >= 4 is 17.9 Å². The van der Waals surface area contributed by atoms with Crippen LogP contribution >= 0.6 is 0 Å². The summed E-state index contributed by atoms with van der Waals surface area (Å²) in [4.78, 5) is 38.2. The highest BCUT2D eigenvalue weighted by atomic mass is 16.6. The van der Waals surface area contributed by atoms with Gasteiger partial charge >= 0.3 is 17.9 Å². The van der Waals surface area contributed by atoms with Crippen LogP contribution in [0.25, 0.3) is 0 Å². The van der Waals surface area contributed by atoms with Crippen LogP contribution in [0.5, 0.6) is 0 Å². The lowest BCUT2D eigenvalue weighted by atomic mass is 10.0. The number of rotatable bonds is 54. The Hall–Kier alpha value is -1.59. The molecule has 0 saturated carbocycles. The minimum Gasteiger partial charge on any atom is -0.462 e. The second-order valence-corrected chi connectivity index (χ2v) is 22.4. The Morgan fingerprint density at radius 3 is 0.642 bits per heavy atom. The van der Waals surface area contributed by atoms with E-state index in [0.29, 0.717) is 19.3 Å². The molecule has 6 heteroatoms. The zero-order valence-corrected chi connectivity index (χ0v) is 46.2. The van der Waals surface area contributed by atoms with Gasteiger partial charge in [-0.3, -0.25) is 14.4 Å². The van der Waals surface area contributed by atoms with Crippen LogP contribution < -0.4 is 0 Å². The van der Waals surface area contributed by atoms with Gasteiger partial charge in [-0.15, -0.1) is 0 Å². The van der Waals surface area contributed by atoms with E-state index >= 15 is 0 Å². The molecule has 0 amide bonds. The van der Waals surface area contributed by atoms with E-state index in [2.05, 4.69) is 41.5 Å². The fraction of sp³-hybridized carbons (Fsp3) is 0.951. The van der Waals surface area contributed by atoms with Crippen molar-refractivity contribution in [1.29, 1.82) is 0 Å². The molecule has 0 spiro atoms. The van der Waals surface area contributed by atoms with Gasteiger partial charge < -0.3 is 14.2 Å². The minimum absolute atomic E-state index is 0.0631. The lowest BCUT2D eigenvalue weighted by Gasteiger charge is -2.18. The maximum absolute atomic E-state index is 12.9. The van der Waals surface area contributed by atoms with E-state index in [-0.39, 0.29) is 31.1 Å². The molecule has 0 saturated heterocycles. The van der Waals surface area contributed by atoms with E-state index in [1.54, 1.807) is 0 Å². The first-order valence-electron chi connectivity index (χ1n) is 30.1. The Bertz CT molecular complexity index is 1040. The molecular weight excluding hydrogens is 829 g/mol. The molecular formula is C61H118O6. The molecule has 398 valence electrons. The summed E-state index contributed by atoms with van der Waals surface area (Å²) < 4.78 is 16.9. The fourth-order valence-electron chi connectivity index (χ4n) is 9.35. The largest absolute Gasteiger partial charge is 0.462 e. The van der Waals surface area contributed by atoms with Crippen molar-refractivity contribution < 1.29 is 28.6 Å². The first-order valence-corrected chi connectivity index (χ1v) is 30.1. The maximum Gasteiger partial charge on any atom is 0.306 e. The van der Waals surface area contributed by atoms with E-state index in [0.717, 1.165) is 75.5 Å². The van der Waals surface area contributed by atoms with Gasteiger partial charge in [0.15, 0.2) is 6.10 Å². The van der Waals surface area contributed by atoms with Gasteiger partial charge in [-0.05, 0) is 37.0 Å². The van der Waals surface area contributed by atoms with Gasteiger partial charge in [-0.2, -0.15) is 0 Å². The Balaban J connectivity index is 4.30. The first-order chi connectivity index (χ1) is 32.6. The number of ether oxygens (including phenoxy) is 3. The molecule has 0 aliphatic heterocycles. The average molecular weight is 948 g/mol. The summed E-state index contributed by atoms with van der Waals surface area (Å²) in [5.74, 6) is 1.68. The molecule has 0 heterocycles. The van der Waals surface area contributed by atoms with Crippen LogP contribution in [0.4, 0.5) is 0 Å². The van der Waals surface area contributed by atoms with Gasteiger partial charge in [0.05, 0.1) is 0 Å². The van der Waals surface area contributed by atoms with E-state index < -0.39 is 6.10 Å². The summed E-state index contributed by atoms with van der Waals surface area (Å²) in [7, 11) is 0. The predicted molar refractivity (Wildman–Crippen MR) is 289 cm³/mol. The number of esters is 3. The molecule has 0 unspecified atom stereocenters. The molecule has 67 heavy (non-hydrogen) atoms. The molecule has 0 aromatic heterocycles. The van der Waals surface area contributed by atoms with Crippen molar-refractivity contribution in [2.24, 2.45) is 17.8 Å². The maximum atomic E-state index is 12.9. The van der Waals surface area contributed by atoms with Crippen LogP contribution in [0.2, 0.25) is 0 Å². The lowest BCUT2D eigenvalue weighted by molar-refractivity contribution is -0.167. The third-order valence-electron chi connectivity index (χ3n) is 13.9. The zero-order valence-electron chi connectivity index (χ0n) is 46.2. The van der Waals surface area contributed by atoms with Crippen LogP contribution in [-0.2, 0) is 28.6 Å². The van der Waals surface area contributed by atoms with Gasteiger partial charge in [0.1, 0.15) is 13.2 Å². The SMILES string of the molecule is CC(C)CCCCCCCCCCCCCCCCCC(=O)O[C@H](COC(=O)CCCCCCCCCCCCCCCC(C)C)COC(=O)CCCCCCCCCCCCCCC(C)C. The number of unbranched alkanes of at least 4 members (excludes halogenated alkanes) is 37. The number of hydrogen-bond donors (Lipinski definition) is 0. The van der Waals surface area contributed by atoms with Gasteiger partial charge in [-0.25, -0.2) is 0 Å². The Kier molecular flexibility index (Phi) is 51.0. The van der Waals surface area contributed by atoms with Crippen molar-refractivity contribution in [3.8, 4) is 0 Å². The van der Waals surface area contributed by atoms with Gasteiger partial charge in [-0.1, -0.05) is 298 Å². The molecule has 0 aromatic carbocycles. The van der Waals surface area contributed by atoms with E-state index in [1.165, 1.54) is 218 Å². The second-order valence-electron chi connectivity index (χ2n) is 22.4. The number of carbonyl (C=O) groups is 3. The lowest BCUT2D eigenvalue weighted by Crippen LogP contribution is -2.30. The summed E-state index contributed by atoms with van der Waals surface area (Å²) in [5.41, 5.74) is 0. The molecule has 0 radical (unpaired) electrons. The van der Waals surface area contributed by atoms with Crippen LogP contribution in [0.1, 0.15) is 337 Å². The Labute approximate surface area is 418 Å². The number of carbonyl (C=O) groups excluding carboxylic acids is 3. The van der Waals surface area contributed by atoms with Crippen LogP contribution in [0, 0.1) is 17.8 Å². The normalized spacial score (nSPS) is 12.1. The van der Waals surface area contributed by atoms with Crippen molar-refractivity contribution in [1.82, 2.24) is 0 Å². The quantitative estimate of drug-likeness (QED) is 0.0343. The second kappa shape index (κ2) is 52.2.